The first-order chi connectivity index (χ1) is 11.6. The highest BCUT2D eigenvalue weighted by Crippen LogP contribution is 2.26. The summed E-state index contributed by atoms with van der Waals surface area (Å²) in [4.78, 5) is 37.5. The molecule has 1 aromatic heterocycles. The number of hydrogen-bond donors (Lipinski definition) is 1. The lowest BCUT2D eigenvalue weighted by molar-refractivity contribution is -0.116. The Morgan fingerprint density at radius 2 is 1.88 bits per heavy atom. The first-order valence-corrected chi connectivity index (χ1v) is 9.11. The minimum absolute atomic E-state index is 0.324. The number of anilines is 1. The van der Waals surface area contributed by atoms with E-state index in [1.54, 1.807) is 36.0 Å². The van der Waals surface area contributed by atoms with E-state index < -0.39 is 17.7 Å². The number of fused-ring (bicyclic) bond motifs is 1. The van der Waals surface area contributed by atoms with Gasteiger partial charge in [-0.25, -0.2) is 0 Å². The highest BCUT2D eigenvalue weighted by Gasteiger charge is 2.36. The fraction of sp³-hybridized carbons (Fsp3) is 0.267. The van der Waals surface area contributed by atoms with Crippen LogP contribution in [0, 0.1) is 0 Å². The van der Waals surface area contributed by atoms with Gasteiger partial charge in [0.2, 0.25) is 11.0 Å². The summed E-state index contributed by atoms with van der Waals surface area (Å²) in [6.07, 6.45) is 1.02. The number of carbonyl (C=O) groups excluding carboxylic acids is 3. The van der Waals surface area contributed by atoms with E-state index >= 15 is 0 Å². The molecule has 0 aliphatic carbocycles. The molecule has 9 heteroatoms. The molecule has 0 fully saturated rings. The second kappa shape index (κ2) is 7.10. The minimum atomic E-state index is -0.479. The van der Waals surface area contributed by atoms with Crippen LogP contribution < -0.4 is 5.32 Å². The molecule has 0 saturated heterocycles. The van der Waals surface area contributed by atoms with Crippen LogP contribution in [0.1, 0.15) is 34.1 Å². The molecule has 1 N–H and O–H groups in total. The number of nitrogens with one attached hydrogen (secondary N) is 1. The SMILES string of the molecule is CCCSc1nnc(NC(=O)CN2C(=O)c3ccccc3C2=O)s1. The highest BCUT2D eigenvalue weighted by molar-refractivity contribution is 8.01. The Labute approximate surface area is 146 Å². The van der Waals surface area contributed by atoms with E-state index in [9.17, 15) is 14.4 Å². The zero-order valence-corrected chi connectivity index (χ0v) is 14.4. The van der Waals surface area contributed by atoms with E-state index in [-0.39, 0.29) is 6.54 Å². The van der Waals surface area contributed by atoms with E-state index in [2.05, 4.69) is 22.4 Å². The van der Waals surface area contributed by atoms with Crippen LogP contribution in [0.3, 0.4) is 0 Å². The normalized spacial score (nSPS) is 13.3. The van der Waals surface area contributed by atoms with Gasteiger partial charge in [-0.1, -0.05) is 42.2 Å². The average molecular weight is 362 g/mol. The Bertz CT molecular complexity index is 771. The summed E-state index contributed by atoms with van der Waals surface area (Å²) in [5.41, 5.74) is 0.647. The summed E-state index contributed by atoms with van der Waals surface area (Å²) in [6.45, 7) is 1.72. The lowest BCUT2D eigenvalue weighted by Gasteiger charge is -2.12. The predicted molar refractivity (Wildman–Crippen MR) is 91.4 cm³/mol. The van der Waals surface area contributed by atoms with Crippen molar-refractivity contribution in [2.45, 2.75) is 17.7 Å². The molecule has 0 spiro atoms. The molecule has 2 heterocycles. The van der Waals surface area contributed by atoms with Crippen molar-refractivity contribution >= 4 is 46.0 Å². The summed E-state index contributed by atoms with van der Waals surface area (Å²) in [6, 6.07) is 6.53. The largest absolute Gasteiger partial charge is 0.299 e. The molecule has 0 bridgehead atoms. The maximum absolute atomic E-state index is 12.2. The first-order valence-electron chi connectivity index (χ1n) is 7.31. The Morgan fingerprint density at radius 3 is 2.50 bits per heavy atom. The molecule has 1 aromatic carbocycles. The van der Waals surface area contributed by atoms with Crippen LogP contribution in [0.15, 0.2) is 28.6 Å². The maximum atomic E-state index is 12.2. The zero-order chi connectivity index (χ0) is 17.1. The van der Waals surface area contributed by atoms with Crippen molar-refractivity contribution in [2.75, 3.05) is 17.6 Å². The number of rotatable bonds is 6. The first kappa shape index (κ1) is 16.6. The van der Waals surface area contributed by atoms with Gasteiger partial charge in [0.05, 0.1) is 11.1 Å². The number of hydrogen-bond acceptors (Lipinski definition) is 7. The van der Waals surface area contributed by atoms with Crippen LogP contribution >= 0.6 is 23.1 Å². The van der Waals surface area contributed by atoms with Gasteiger partial charge in [-0.3, -0.25) is 24.6 Å². The quantitative estimate of drug-likeness (QED) is 0.481. The van der Waals surface area contributed by atoms with Crippen molar-refractivity contribution in [3.05, 3.63) is 35.4 Å². The number of thioether (sulfide) groups is 1. The number of carbonyl (C=O) groups is 3. The summed E-state index contributed by atoms with van der Waals surface area (Å²) in [5.74, 6) is -0.463. The molecular weight excluding hydrogens is 348 g/mol. The highest BCUT2D eigenvalue weighted by atomic mass is 32.2. The minimum Gasteiger partial charge on any atom is -0.299 e. The van der Waals surface area contributed by atoms with Crippen LogP contribution in [-0.2, 0) is 4.79 Å². The molecule has 124 valence electrons. The number of aromatic nitrogens is 2. The molecule has 3 amide bonds. The van der Waals surface area contributed by atoms with Crippen molar-refractivity contribution < 1.29 is 14.4 Å². The van der Waals surface area contributed by atoms with Gasteiger partial charge < -0.3 is 0 Å². The topological polar surface area (TPSA) is 92.3 Å². The van der Waals surface area contributed by atoms with Crippen LogP contribution in [-0.4, -0.2) is 45.1 Å². The molecule has 7 nitrogen and oxygen atoms in total. The smallest absolute Gasteiger partial charge is 0.262 e. The molecule has 2 aromatic rings. The number of nitrogens with zero attached hydrogens (tertiary/aromatic N) is 3. The predicted octanol–water partition coefficient (Wildman–Crippen LogP) is 2.27. The fourth-order valence-corrected chi connectivity index (χ4v) is 3.89. The molecule has 0 saturated carbocycles. The molecule has 3 rings (SSSR count). The molecule has 0 atom stereocenters. The van der Waals surface area contributed by atoms with Gasteiger partial charge in [0.25, 0.3) is 11.8 Å². The van der Waals surface area contributed by atoms with Gasteiger partial charge >= 0.3 is 0 Å². The monoisotopic (exact) mass is 362 g/mol. The van der Waals surface area contributed by atoms with E-state index in [1.807, 2.05) is 0 Å². The fourth-order valence-electron chi connectivity index (χ4n) is 2.19. The third-order valence-corrected chi connectivity index (χ3v) is 5.44. The maximum Gasteiger partial charge on any atom is 0.262 e. The number of benzene rings is 1. The van der Waals surface area contributed by atoms with Crippen LogP contribution in [0.2, 0.25) is 0 Å². The van der Waals surface area contributed by atoms with Crippen LogP contribution in [0.25, 0.3) is 0 Å². The Hall–Kier alpha value is -2.26. The summed E-state index contributed by atoms with van der Waals surface area (Å²) < 4.78 is 0.771. The Kier molecular flexibility index (Phi) is 4.91. The van der Waals surface area contributed by atoms with Gasteiger partial charge in [-0.2, -0.15) is 0 Å². The number of imide groups is 1. The Balaban J connectivity index is 1.63. The standard InChI is InChI=1S/C15H14N4O3S2/c1-2-7-23-15-18-17-14(24-15)16-11(20)8-19-12(21)9-5-3-4-6-10(9)13(19)22/h3-6H,2,7-8H2,1H3,(H,16,17,20). The van der Waals surface area contributed by atoms with Crippen LogP contribution in [0.5, 0.6) is 0 Å². The molecule has 0 radical (unpaired) electrons. The lowest BCUT2D eigenvalue weighted by atomic mass is 10.1. The van der Waals surface area contributed by atoms with Crippen molar-refractivity contribution in [3.63, 3.8) is 0 Å². The molecule has 24 heavy (non-hydrogen) atoms. The molecule has 0 unspecified atom stereocenters. The second-order valence-electron chi connectivity index (χ2n) is 5.01. The van der Waals surface area contributed by atoms with Crippen molar-refractivity contribution in [1.29, 1.82) is 0 Å². The molecule has 1 aliphatic heterocycles. The van der Waals surface area contributed by atoms with Gasteiger partial charge in [0.1, 0.15) is 6.54 Å². The summed E-state index contributed by atoms with van der Waals surface area (Å²) in [7, 11) is 0. The lowest BCUT2D eigenvalue weighted by Crippen LogP contribution is -2.37. The number of amides is 3. The summed E-state index contributed by atoms with van der Waals surface area (Å²) in [5, 5.41) is 10.8. The van der Waals surface area contributed by atoms with Crippen molar-refractivity contribution in [3.8, 4) is 0 Å². The third kappa shape index (κ3) is 3.31. The van der Waals surface area contributed by atoms with Crippen LogP contribution in [0.4, 0.5) is 5.13 Å². The van der Waals surface area contributed by atoms with Gasteiger partial charge in [-0.15, -0.1) is 10.2 Å². The third-order valence-electron chi connectivity index (χ3n) is 3.26. The van der Waals surface area contributed by atoms with Crippen molar-refractivity contribution in [2.24, 2.45) is 0 Å². The van der Waals surface area contributed by atoms with E-state index in [4.69, 9.17) is 0 Å². The van der Waals surface area contributed by atoms with E-state index in [0.29, 0.717) is 16.3 Å². The zero-order valence-electron chi connectivity index (χ0n) is 12.8. The van der Waals surface area contributed by atoms with E-state index in [0.717, 1.165) is 21.4 Å². The molecule has 1 aliphatic rings. The van der Waals surface area contributed by atoms with E-state index in [1.165, 1.54) is 11.3 Å². The second-order valence-corrected chi connectivity index (χ2v) is 7.33. The van der Waals surface area contributed by atoms with Crippen molar-refractivity contribution in [1.82, 2.24) is 15.1 Å². The summed E-state index contributed by atoms with van der Waals surface area (Å²) >= 11 is 2.84. The van der Waals surface area contributed by atoms with Gasteiger partial charge in [0, 0.05) is 5.75 Å². The van der Waals surface area contributed by atoms with Gasteiger partial charge in [-0.05, 0) is 18.6 Å². The molecular formula is C15H14N4O3S2. The van der Waals surface area contributed by atoms with Gasteiger partial charge in [0.15, 0.2) is 4.34 Å². The average Bonchev–Trinajstić information content (AvgIpc) is 3.12. The Morgan fingerprint density at radius 1 is 1.21 bits per heavy atom.